The van der Waals surface area contributed by atoms with Crippen LogP contribution in [0.5, 0.6) is 0 Å². The molecule has 0 radical (unpaired) electrons. The van der Waals surface area contributed by atoms with Crippen LogP contribution in [0.15, 0.2) is 12.7 Å². The zero-order valence-electron chi connectivity index (χ0n) is 12.6. The zero-order chi connectivity index (χ0) is 14.7. The lowest BCUT2D eigenvalue weighted by Crippen LogP contribution is -2.58. The first-order chi connectivity index (χ1) is 10.2. The van der Waals surface area contributed by atoms with Gasteiger partial charge in [-0.15, -0.1) is 0 Å². The third kappa shape index (κ3) is 3.26. The van der Waals surface area contributed by atoms with Crippen LogP contribution < -0.4 is 5.73 Å². The molecule has 2 N–H and O–H groups in total. The van der Waals surface area contributed by atoms with Crippen LogP contribution in [-0.4, -0.2) is 44.2 Å². The van der Waals surface area contributed by atoms with Gasteiger partial charge in [0.15, 0.2) is 0 Å². The van der Waals surface area contributed by atoms with Gasteiger partial charge in [-0.3, -0.25) is 9.48 Å². The molecule has 2 fully saturated rings. The number of piperidine rings is 1. The van der Waals surface area contributed by atoms with Crippen molar-refractivity contribution in [3.05, 3.63) is 12.7 Å². The van der Waals surface area contributed by atoms with E-state index in [0.717, 1.165) is 58.2 Å². The summed E-state index contributed by atoms with van der Waals surface area (Å²) in [7, 11) is 0. The van der Waals surface area contributed by atoms with E-state index in [0.29, 0.717) is 5.92 Å². The van der Waals surface area contributed by atoms with Gasteiger partial charge in [-0.25, -0.2) is 4.98 Å². The van der Waals surface area contributed by atoms with Crippen molar-refractivity contribution in [2.45, 2.75) is 57.0 Å². The maximum atomic E-state index is 12.8. The van der Waals surface area contributed by atoms with Crippen molar-refractivity contribution in [2.75, 3.05) is 13.1 Å². The van der Waals surface area contributed by atoms with Crippen molar-refractivity contribution in [1.29, 1.82) is 0 Å². The maximum absolute atomic E-state index is 12.8. The van der Waals surface area contributed by atoms with E-state index in [1.54, 1.807) is 12.7 Å². The van der Waals surface area contributed by atoms with Gasteiger partial charge in [-0.1, -0.05) is 19.3 Å². The number of amides is 1. The van der Waals surface area contributed by atoms with Gasteiger partial charge < -0.3 is 10.6 Å². The Labute approximate surface area is 125 Å². The fraction of sp³-hybridized carbons (Fsp3) is 0.800. The van der Waals surface area contributed by atoms with E-state index in [2.05, 4.69) is 10.1 Å². The van der Waals surface area contributed by atoms with E-state index in [4.69, 9.17) is 5.73 Å². The number of nitrogens with zero attached hydrogens (tertiary/aromatic N) is 4. The number of hydrogen-bond donors (Lipinski definition) is 1. The van der Waals surface area contributed by atoms with Crippen LogP contribution in [0, 0.1) is 5.92 Å². The maximum Gasteiger partial charge on any atom is 0.242 e. The van der Waals surface area contributed by atoms with Gasteiger partial charge in [0, 0.05) is 19.6 Å². The molecule has 1 unspecified atom stereocenters. The summed E-state index contributed by atoms with van der Waals surface area (Å²) in [5.74, 6) is 0.627. The Kier molecular flexibility index (Phi) is 4.24. The fourth-order valence-corrected chi connectivity index (χ4v) is 3.70. The van der Waals surface area contributed by atoms with E-state index >= 15 is 0 Å². The van der Waals surface area contributed by atoms with Crippen molar-refractivity contribution in [3.63, 3.8) is 0 Å². The van der Waals surface area contributed by atoms with Gasteiger partial charge in [-0.2, -0.15) is 5.10 Å². The quantitative estimate of drug-likeness (QED) is 0.907. The highest BCUT2D eigenvalue weighted by Crippen LogP contribution is 2.29. The van der Waals surface area contributed by atoms with Crippen LogP contribution in [0.4, 0.5) is 0 Å². The van der Waals surface area contributed by atoms with Crippen LogP contribution in [0.1, 0.15) is 44.9 Å². The van der Waals surface area contributed by atoms with Crippen LogP contribution in [-0.2, 0) is 11.3 Å². The lowest BCUT2D eigenvalue weighted by Gasteiger charge is -2.40. The molecule has 0 bridgehead atoms. The van der Waals surface area contributed by atoms with Crippen LogP contribution in [0.3, 0.4) is 0 Å². The van der Waals surface area contributed by atoms with Crippen LogP contribution in [0.2, 0.25) is 0 Å². The summed E-state index contributed by atoms with van der Waals surface area (Å²) >= 11 is 0. The SMILES string of the molecule is NC1(C(=O)N2CCCC(Cn3cncn3)C2)CCCCC1. The Balaban J connectivity index is 1.61. The number of carbonyl (C=O) groups excluding carboxylic acids is 1. The molecule has 1 amide bonds. The molecule has 0 aromatic carbocycles. The Morgan fingerprint density at radius 2 is 2.10 bits per heavy atom. The van der Waals surface area contributed by atoms with Crippen molar-refractivity contribution in [1.82, 2.24) is 19.7 Å². The van der Waals surface area contributed by atoms with Crippen LogP contribution in [0.25, 0.3) is 0 Å². The van der Waals surface area contributed by atoms with Crippen LogP contribution >= 0.6 is 0 Å². The zero-order valence-corrected chi connectivity index (χ0v) is 12.6. The van der Waals surface area contributed by atoms with Crippen molar-refractivity contribution < 1.29 is 4.79 Å². The second kappa shape index (κ2) is 6.13. The molecule has 6 nitrogen and oxygen atoms in total. The molecule has 1 aliphatic heterocycles. The van der Waals surface area contributed by atoms with E-state index in [1.807, 2.05) is 9.58 Å². The standard InChI is InChI=1S/C15H25N5O/c16-15(6-2-1-3-7-15)14(21)19-8-4-5-13(9-19)10-20-12-17-11-18-20/h11-13H,1-10,16H2. The van der Waals surface area contributed by atoms with Gasteiger partial charge in [-0.05, 0) is 31.6 Å². The summed E-state index contributed by atoms with van der Waals surface area (Å²) in [4.78, 5) is 18.8. The van der Waals surface area contributed by atoms with E-state index in [-0.39, 0.29) is 5.91 Å². The number of carbonyl (C=O) groups is 1. The van der Waals surface area contributed by atoms with E-state index in [1.165, 1.54) is 6.42 Å². The smallest absolute Gasteiger partial charge is 0.242 e. The Morgan fingerprint density at radius 3 is 2.81 bits per heavy atom. The monoisotopic (exact) mass is 291 g/mol. The normalized spacial score (nSPS) is 25.8. The van der Waals surface area contributed by atoms with Crippen molar-refractivity contribution >= 4 is 5.91 Å². The van der Waals surface area contributed by atoms with Gasteiger partial charge in [0.05, 0.1) is 5.54 Å². The number of aromatic nitrogens is 3. The first-order valence-corrected chi connectivity index (χ1v) is 8.08. The second-order valence-corrected chi connectivity index (χ2v) is 6.59. The predicted molar refractivity (Wildman–Crippen MR) is 79.3 cm³/mol. The predicted octanol–water partition coefficient (Wildman–Crippen LogP) is 1.18. The minimum absolute atomic E-state index is 0.172. The van der Waals surface area contributed by atoms with E-state index < -0.39 is 5.54 Å². The number of rotatable bonds is 3. The lowest BCUT2D eigenvalue weighted by atomic mass is 9.81. The topological polar surface area (TPSA) is 77.0 Å². The molecule has 6 heteroatoms. The third-order valence-corrected chi connectivity index (χ3v) is 4.89. The summed E-state index contributed by atoms with van der Waals surface area (Å²) in [5.41, 5.74) is 5.79. The molecule has 1 aromatic heterocycles. The molecule has 0 spiro atoms. The molecule has 1 aromatic rings. The van der Waals surface area contributed by atoms with Gasteiger partial charge >= 0.3 is 0 Å². The average molecular weight is 291 g/mol. The molecule has 116 valence electrons. The summed E-state index contributed by atoms with van der Waals surface area (Å²) in [6.45, 7) is 2.49. The first-order valence-electron chi connectivity index (χ1n) is 8.08. The molecular weight excluding hydrogens is 266 g/mol. The van der Waals surface area contributed by atoms with Crippen molar-refractivity contribution in [2.24, 2.45) is 11.7 Å². The fourth-order valence-electron chi connectivity index (χ4n) is 3.70. The molecule has 21 heavy (non-hydrogen) atoms. The summed E-state index contributed by atoms with van der Waals surface area (Å²) < 4.78 is 1.86. The highest BCUT2D eigenvalue weighted by Gasteiger charge is 2.39. The highest BCUT2D eigenvalue weighted by atomic mass is 16.2. The highest BCUT2D eigenvalue weighted by molar-refractivity contribution is 5.86. The lowest BCUT2D eigenvalue weighted by molar-refractivity contribution is -0.140. The Hall–Kier alpha value is -1.43. The number of hydrogen-bond acceptors (Lipinski definition) is 4. The van der Waals surface area contributed by atoms with Gasteiger partial charge in [0.1, 0.15) is 12.7 Å². The molecule has 1 saturated heterocycles. The molecule has 1 saturated carbocycles. The summed E-state index contributed by atoms with van der Waals surface area (Å²) in [6, 6.07) is 0. The minimum Gasteiger partial charge on any atom is -0.341 e. The summed E-state index contributed by atoms with van der Waals surface area (Å²) in [6.07, 6.45) is 10.6. The molecule has 3 rings (SSSR count). The van der Waals surface area contributed by atoms with Gasteiger partial charge in [0.2, 0.25) is 5.91 Å². The molecular formula is C15H25N5O. The Morgan fingerprint density at radius 1 is 1.29 bits per heavy atom. The third-order valence-electron chi connectivity index (χ3n) is 4.89. The minimum atomic E-state index is -0.604. The second-order valence-electron chi connectivity index (χ2n) is 6.59. The number of likely N-dealkylation sites (tertiary alicyclic amines) is 1. The first kappa shape index (κ1) is 14.5. The Bertz CT molecular complexity index is 466. The number of nitrogens with two attached hydrogens (primary N) is 1. The van der Waals surface area contributed by atoms with E-state index in [9.17, 15) is 4.79 Å². The molecule has 2 aliphatic rings. The largest absolute Gasteiger partial charge is 0.341 e. The molecule has 2 heterocycles. The molecule has 1 aliphatic carbocycles. The van der Waals surface area contributed by atoms with Gasteiger partial charge in [0.25, 0.3) is 0 Å². The summed E-state index contributed by atoms with van der Waals surface area (Å²) in [5, 5.41) is 4.16. The van der Waals surface area contributed by atoms with Crippen molar-refractivity contribution in [3.8, 4) is 0 Å². The average Bonchev–Trinajstić information content (AvgIpc) is 3.00. The molecule has 1 atom stereocenters.